The van der Waals surface area contributed by atoms with Crippen LogP contribution in [0.3, 0.4) is 0 Å². The SMILES string of the molecule is CCOC(=O)C1=C(C)Oc2nc(N(C)C)nc(N3CCOCC3)c2C1c1ccccc1OC. The molecule has 2 aliphatic rings. The van der Waals surface area contributed by atoms with E-state index in [9.17, 15) is 4.79 Å². The molecule has 0 radical (unpaired) electrons. The van der Waals surface area contributed by atoms with Gasteiger partial charge in [0.25, 0.3) is 0 Å². The van der Waals surface area contributed by atoms with E-state index in [2.05, 4.69) is 4.90 Å². The second kappa shape index (κ2) is 9.66. The Bertz CT molecular complexity index is 1060. The van der Waals surface area contributed by atoms with Gasteiger partial charge in [0.1, 0.15) is 17.3 Å². The number of ether oxygens (including phenoxy) is 4. The van der Waals surface area contributed by atoms with Gasteiger partial charge in [-0.3, -0.25) is 0 Å². The van der Waals surface area contributed by atoms with Gasteiger partial charge in [-0.1, -0.05) is 18.2 Å². The van der Waals surface area contributed by atoms with Crippen LogP contribution in [0.15, 0.2) is 35.6 Å². The molecule has 2 aliphatic heterocycles. The summed E-state index contributed by atoms with van der Waals surface area (Å²) >= 11 is 0. The lowest BCUT2D eigenvalue weighted by molar-refractivity contribution is -0.139. The maximum absolute atomic E-state index is 13.2. The largest absolute Gasteiger partial charge is 0.496 e. The summed E-state index contributed by atoms with van der Waals surface area (Å²) in [5.41, 5.74) is 1.97. The number of esters is 1. The van der Waals surface area contributed by atoms with Crippen molar-refractivity contribution in [2.24, 2.45) is 0 Å². The Morgan fingerprint density at radius 1 is 1.21 bits per heavy atom. The summed E-state index contributed by atoms with van der Waals surface area (Å²) in [6, 6.07) is 7.66. The van der Waals surface area contributed by atoms with Crippen molar-refractivity contribution in [3.05, 3.63) is 46.7 Å². The van der Waals surface area contributed by atoms with Crippen molar-refractivity contribution < 1.29 is 23.7 Å². The van der Waals surface area contributed by atoms with Crippen molar-refractivity contribution in [3.8, 4) is 11.6 Å². The number of hydrogen-bond acceptors (Lipinski definition) is 9. The maximum Gasteiger partial charge on any atom is 0.338 e. The average Bonchev–Trinajstić information content (AvgIpc) is 2.83. The van der Waals surface area contributed by atoms with Crippen LogP contribution in [0.2, 0.25) is 0 Å². The van der Waals surface area contributed by atoms with Crippen molar-refractivity contribution >= 4 is 17.7 Å². The van der Waals surface area contributed by atoms with E-state index >= 15 is 0 Å². The standard InChI is InChI=1S/C24H30N4O5/c1-6-32-23(29)18-15(2)33-22-20(19(18)16-9-7-8-10-17(16)30-5)21(25-24(26-22)27(3)4)28-11-13-31-14-12-28/h7-10,19H,6,11-14H2,1-5H3. The lowest BCUT2D eigenvalue weighted by Crippen LogP contribution is -2.39. The number of nitrogens with zero attached hydrogens (tertiary/aromatic N) is 4. The number of methoxy groups -OCH3 is 1. The number of allylic oxidation sites excluding steroid dienone is 1. The fourth-order valence-corrected chi connectivity index (χ4v) is 4.21. The maximum atomic E-state index is 13.2. The number of morpholine rings is 1. The van der Waals surface area contributed by atoms with Crippen LogP contribution in [-0.2, 0) is 14.3 Å². The van der Waals surface area contributed by atoms with Crippen LogP contribution in [-0.4, -0.2) is 70.1 Å². The van der Waals surface area contributed by atoms with Crippen molar-refractivity contribution in [2.45, 2.75) is 19.8 Å². The van der Waals surface area contributed by atoms with Gasteiger partial charge >= 0.3 is 5.97 Å². The molecular weight excluding hydrogens is 424 g/mol. The van der Waals surface area contributed by atoms with Gasteiger partial charge in [-0.25, -0.2) is 4.79 Å². The Morgan fingerprint density at radius 3 is 2.61 bits per heavy atom. The highest BCUT2D eigenvalue weighted by atomic mass is 16.5. The minimum Gasteiger partial charge on any atom is -0.496 e. The highest BCUT2D eigenvalue weighted by molar-refractivity contribution is 5.93. The smallest absolute Gasteiger partial charge is 0.338 e. The minimum absolute atomic E-state index is 0.257. The lowest BCUT2D eigenvalue weighted by Gasteiger charge is -2.35. The number of carbonyl (C=O) groups excluding carboxylic acids is 1. The molecule has 1 unspecified atom stereocenters. The first-order valence-corrected chi connectivity index (χ1v) is 11.1. The van der Waals surface area contributed by atoms with Crippen LogP contribution in [0.4, 0.5) is 11.8 Å². The molecule has 176 valence electrons. The van der Waals surface area contributed by atoms with Gasteiger partial charge in [0.05, 0.1) is 44.0 Å². The highest BCUT2D eigenvalue weighted by Gasteiger charge is 2.41. The first kappa shape index (κ1) is 22.8. The number of hydrogen-bond donors (Lipinski definition) is 0. The van der Waals surface area contributed by atoms with Gasteiger partial charge in [0.15, 0.2) is 0 Å². The first-order chi connectivity index (χ1) is 16.0. The Balaban J connectivity index is 2.00. The molecule has 0 N–H and O–H groups in total. The number of benzene rings is 1. The summed E-state index contributed by atoms with van der Waals surface area (Å²) in [5.74, 6) is 1.84. The van der Waals surface area contributed by atoms with E-state index in [1.165, 1.54) is 0 Å². The molecule has 1 aromatic heterocycles. The molecule has 0 bridgehead atoms. The molecule has 0 amide bonds. The number of para-hydroxylation sites is 1. The van der Waals surface area contributed by atoms with Gasteiger partial charge in [-0.2, -0.15) is 9.97 Å². The molecular formula is C24H30N4O5. The third kappa shape index (κ3) is 4.32. The van der Waals surface area contributed by atoms with Crippen molar-refractivity contribution in [1.82, 2.24) is 9.97 Å². The molecule has 0 aliphatic carbocycles. The van der Waals surface area contributed by atoms with Crippen LogP contribution in [0.5, 0.6) is 11.6 Å². The fraction of sp³-hybridized carbons (Fsp3) is 0.458. The third-order valence-corrected chi connectivity index (χ3v) is 5.74. The van der Waals surface area contributed by atoms with Crippen LogP contribution < -0.4 is 19.3 Å². The minimum atomic E-state index is -0.516. The van der Waals surface area contributed by atoms with Crippen molar-refractivity contribution in [3.63, 3.8) is 0 Å². The van der Waals surface area contributed by atoms with E-state index in [1.807, 2.05) is 43.3 Å². The number of rotatable bonds is 6. The Kier molecular flexibility index (Phi) is 6.69. The second-order valence-electron chi connectivity index (χ2n) is 8.03. The monoisotopic (exact) mass is 454 g/mol. The van der Waals surface area contributed by atoms with Crippen LogP contribution >= 0.6 is 0 Å². The summed E-state index contributed by atoms with van der Waals surface area (Å²) < 4.78 is 22.9. The highest BCUT2D eigenvalue weighted by Crippen LogP contribution is 2.49. The molecule has 1 aromatic carbocycles. The molecule has 0 spiro atoms. The predicted molar refractivity (Wildman–Crippen MR) is 124 cm³/mol. The fourth-order valence-electron chi connectivity index (χ4n) is 4.21. The Hall–Kier alpha value is -3.33. The second-order valence-corrected chi connectivity index (χ2v) is 8.03. The lowest BCUT2D eigenvalue weighted by atomic mass is 9.82. The van der Waals surface area contributed by atoms with Crippen LogP contribution in [0.1, 0.15) is 30.9 Å². The molecule has 33 heavy (non-hydrogen) atoms. The van der Waals surface area contributed by atoms with Gasteiger partial charge in [0, 0.05) is 32.7 Å². The van der Waals surface area contributed by atoms with E-state index < -0.39 is 11.9 Å². The van der Waals surface area contributed by atoms with Crippen molar-refractivity contribution in [1.29, 1.82) is 0 Å². The predicted octanol–water partition coefficient (Wildman–Crippen LogP) is 2.75. The zero-order valence-corrected chi connectivity index (χ0v) is 19.8. The Morgan fingerprint density at radius 2 is 1.94 bits per heavy atom. The first-order valence-electron chi connectivity index (χ1n) is 11.1. The molecule has 4 rings (SSSR count). The Labute approximate surface area is 193 Å². The van der Waals surface area contributed by atoms with E-state index in [0.29, 0.717) is 55.2 Å². The third-order valence-electron chi connectivity index (χ3n) is 5.74. The van der Waals surface area contributed by atoms with Gasteiger partial charge in [0.2, 0.25) is 11.8 Å². The number of anilines is 2. The number of aromatic nitrogens is 2. The molecule has 0 saturated carbocycles. The molecule has 9 heteroatoms. The average molecular weight is 455 g/mol. The zero-order chi connectivity index (χ0) is 23.5. The van der Waals surface area contributed by atoms with Gasteiger partial charge < -0.3 is 28.7 Å². The van der Waals surface area contributed by atoms with E-state index in [-0.39, 0.29) is 6.61 Å². The van der Waals surface area contributed by atoms with Gasteiger partial charge in [-0.15, -0.1) is 0 Å². The molecule has 3 heterocycles. The van der Waals surface area contributed by atoms with Crippen LogP contribution in [0, 0.1) is 0 Å². The summed E-state index contributed by atoms with van der Waals surface area (Å²) in [6.45, 7) is 6.34. The van der Waals surface area contributed by atoms with E-state index in [4.69, 9.17) is 28.9 Å². The molecule has 1 saturated heterocycles. The van der Waals surface area contributed by atoms with Gasteiger partial charge in [-0.05, 0) is 19.9 Å². The quantitative estimate of drug-likeness (QED) is 0.612. The van der Waals surface area contributed by atoms with E-state index in [0.717, 1.165) is 16.9 Å². The summed E-state index contributed by atoms with van der Waals surface area (Å²) in [7, 11) is 5.39. The molecule has 2 aromatic rings. The summed E-state index contributed by atoms with van der Waals surface area (Å²) in [5, 5.41) is 0. The van der Waals surface area contributed by atoms with Crippen molar-refractivity contribution in [2.75, 3.05) is 63.9 Å². The molecule has 1 atom stereocenters. The normalized spacial score (nSPS) is 17.8. The molecule has 9 nitrogen and oxygen atoms in total. The summed E-state index contributed by atoms with van der Waals surface area (Å²) in [6.07, 6.45) is 0. The number of fused-ring (bicyclic) bond motifs is 1. The topological polar surface area (TPSA) is 86.3 Å². The zero-order valence-electron chi connectivity index (χ0n) is 19.8. The summed E-state index contributed by atoms with van der Waals surface area (Å²) in [4.78, 5) is 26.8. The van der Waals surface area contributed by atoms with E-state index in [1.54, 1.807) is 21.0 Å². The molecule has 1 fully saturated rings. The number of carbonyl (C=O) groups is 1. The van der Waals surface area contributed by atoms with Crippen LogP contribution in [0.25, 0.3) is 0 Å².